The maximum absolute atomic E-state index is 12.8. The van der Waals surface area contributed by atoms with Gasteiger partial charge in [0, 0.05) is 55.9 Å². The highest BCUT2D eigenvalue weighted by atomic mass is 16.5. The van der Waals surface area contributed by atoms with Crippen LogP contribution < -0.4 is 5.32 Å². The van der Waals surface area contributed by atoms with Crippen LogP contribution in [0.5, 0.6) is 0 Å². The van der Waals surface area contributed by atoms with E-state index in [1.165, 1.54) is 0 Å². The molecule has 0 bridgehead atoms. The van der Waals surface area contributed by atoms with Gasteiger partial charge in [0.1, 0.15) is 0 Å². The zero-order chi connectivity index (χ0) is 15.9. The van der Waals surface area contributed by atoms with Crippen LogP contribution in [0.3, 0.4) is 0 Å². The Bertz CT molecular complexity index is 566. The molecule has 1 aliphatic carbocycles. The third-order valence-corrected chi connectivity index (χ3v) is 5.29. The molecule has 2 aliphatic rings. The van der Waals surface area contributed by atoms with E-state index >= 15 is 0 Å². The molecule has 2 atom stereocenters. The Balaban J connectivity index is 1.75. The molecule has 3 rings (SSSR count). The number of carbonyl (C=O) groups is 1. The minimum absolute atomic E-state index is 0.00854. The van der Waals surface area contributed by atoms with Gasteiger partial charge in [0.2, 0.25) is 0 Å². The number of hydrogen-bond donors (Lipinski definition) is 2. The van der Waals surface area contributed by atoms with E-state index in [0.717, 1.165) is 43.8 Å². The highest BCUT2D eigenvalue weighted by molar-refractivity contribution is 5.94. The predicted molar refractivity (Wildman–Crippen MR) is 83.7 cm³/mol. The quantitative estimate of drug-likeness (QED) is 0.880. The summed E-state index contributed by atoms with van der Waals surface area (Å²) >= 11 is 0. The van der Waals surface area contributed by atoms with E-state index in [1.54, 1.807) is 0 Å². The van der Waals surface area contributed by atoms with Crippen LogP contribution in [-0.4, -0.2) is 53.3 Å². The molecule has 1 fully saturated rings. The Labute approximate surface area is 131 Å². The second kappa shape index (κ2) is 5.66. The summed E-state index contributed by atoms with van der Waals surface area (Å²) in [5.41, 5.74) is 2.67. The highest BCUT2D eigenvalue weighted by Crippen LogP contribution is 2.45. The van der Waals surface area contributed by atoms with Crippen LogP contribution in [0.4, 0.5) is 0 Å². The first-order valence-electron chi connectivity index (χ1n) is 8.12. The van der Waals surface area contributed by atoms with Gasteiger partial charge in [-0.1, -0.05) is 13.8 Å². The lowest BCUT2D eigenvalue weighted by Crippen LogP contribution is -2.62. The molecule has 0 radical (unpaired) electrons. The molecule has 2 N–H and O–H groups in total. The second-order valence-electron chi connectivity index (χ2n) is 6.89. The normalized spacial score (nSPS) is 26.2. The van der Waals surface area contributed by atoms with Gasteiger partial charge in [-0.3, -0.25) is 9.89 Å². The van der Waals surface area contributed by atoms with Crippen molar-refractivity contribution in [3.63, 3.8) is 0 Å². The van der Waals surface area contributed by atoms with Gasteiger partial charge in [-0.05, 0) is 13.3 Å². The number of nitrogens with zero attached hydrogens (tertiary/aromatic N) is 2. The van der Waals surface area contributed by atoms with Gasteiger partial charge < -0.3 is 15.0 Å². The van der Waals surface area contributed by atoms with Crippen molar-refractivity contribution in [3.05, 3.63) is 17.0 Å². The molecule has 1 aromatic heterocycles. The van der Waals surface area contributed by atoms with Crippen molar-refractivity contribution in [2.75, 3.05) is 20.2 Å². The highest BCUT2D eigenvalue weighted by Gasteiger charge is 2.52. The summed E-state index contributed by atoms with van der Waals surface area (Å²) in [6, 6.07) is 0.195. The topological polar surface area (TPSA) is 70.2 Å². The Morgan fingerprint density at radius 3 is 2.95 bits per heavy atom. The van der Waals surface area contributed by atoms with E-state index < -0.39 is 0 Å². The first-order valence-corrected chi connectivity index (χ1v) is 8.12. The monoisotopic (exact) mass is 306 g/mol. The Kier molecular flexibility index (Phi) is 3.99. The Morgan fingerprint density at radius 1 is 1.50 bits per heavy atom. The number of H-pyrrole nitrogens is 1. The van der Waals surface area contributed by atoms with E-state index in [9.17, 15) is 4.79 Å². The summed E-state index contributed by atoms with van der Waals surface area (Å²) in [6.07, 6.45) is 2.03. The molecule has 2 heterocycles. The molecule has 0 spiro atoms. The Morgan fingerprint density at radius 2 is 2.27 bits per heavy atom. The zero-order valence-electron chi connectivity index (χ0n) is 13.9. The van der Waals surface area contributed by atoms with Crippen LogP contribution in [0.15, 0.2) is 0 Å². The maximum Gasteiger partial charge on any atom is 0.274 e. The van der Waals surface area contributed by atoms with Crippen LogP contribution >= 0.6 is 0 Å². The van der Waals surface area contributed by atoms with Crippen molar-refractivity contribution in [1.29, 1.82) is 0 Å². The molecule has 22 heavy (non-hydrogen) atoms. The number of ether oxygens (including phenoxy) is 1. The van der Waals surface area contributed by atoms with E-state index in [1.807, 2.05) is 18.9 Å². The summed E-state index contributed by atoms with van der Waals surface area (Å²) in [4.78, 5) is 14.7. The number of nitrogens with one attached hydrogen (secondary N) is 2. The van der Waals surface area contributed by atoms with Crippen LogP contribution in [-0.2, 0) is 17.7 Å². The van der Waals surface area contributed by atoms with E-state index in [0.29, 0.717) is 5.69 Å². The Hall–Kier alpha value is -1.40. The fourth-order valence-electron chi connectivity index (χ4n) is 3.72. The van der Waals surface area contributed by atoms with E-state index in [-0.39, 0.29) is 23.5 Å². The van der Waals surface area contributed by atoms with Gasteiger partial charge in [0.05, 0.1) is 6.10 Å². The summed E-state index contributed by atoms with van der Waals surface area (Å²) in [5.74, 6) is 0.00854. The molecule has 122 valence electrons. The predicted octanol–water partition coefficient (Wildman–Crippen LogP) is 1.33. The minimum Gasteiger partial charge on any atom is -0.378 e. The molecule has 1 saturated carbocycles. The number of fused-ring (bicyclic) bond motifs is 1. The second-order valence-corrected chi connectivity index (χ2v) is 6.89. The van der Waals surface area contributed by atoms with Gasteiger partial charge in [-0.2, -0.15) is 5.10 Å². The van der Waals surface area contributed by atoms with E-state index in [4.69, 9.17) is 4.74 Å². The molecule has 6 nitrogen and oxygen atoms in total. The molecule has 0 saturated heterocycles. The number of aromatic nitrogens is 2. The molecular weight excluding hydrogens is 280 g/mol. The molecule has 6 heteroatoms. The third kappa shape index (κ3) is 2.34. The van der Waals surface area contributed by atoms with E-state index in [2.05, 4.69) is 29.4 Å². The number of hydrogen-bond acceptors (Lipinski definition) is 4. The third-order valence-electron chi connectivity index (χ3n) is 5.29. The lowest BCUT2D eigenvalue weighted by Gasteiger charge is -2.54. The van der Waals surface area contributed by atoms with Crippen LogP contribution in [0, 0.1) is 5.41 Å². The standard InChI is InChI=1S/C16H26N4O2/c1-5-22-13-8-12(16(13,2)3)20(4)15(21)14-10-9-17-7-6-11(10)18-19-14/h12-13,17H,5-9H2,1-4H3,(H,18,19). The summed E-state index contributed by atoms with van der Waals surface area (Å²) in [6.45, 7) is 8.73. The summed E-state index contributed by atoms with van der Waals surface area (Å²) < 4.78 is 5.76. The van der Waals surface area contributed by atoms with Gasteiger partial charge in [0.15, 0.2) is 5.69 Å². The van der Waals surface area contributed by atoms with Gasteiger partial charge >= 0.3 is 0 Å². The molecular formula is C16H26N4O2. The zero-order valence-corrected chi connectivity index (χ0v) is 13.9. The fourth-order valence-corrected chi connectivity index (χ4v) is 3.72. The average molecular weight is 306 g/mol. The summed E-state index contributed by atoms with van der Waals surface area (Å²) in [7, 11) is 1.88. The van der Waals surface area contributed by atoms with Crippen LogP contribution in [0.2, 0.25) is 0 Å². The van der Waals surface area contributed by atoms with Gasteiger partial charge in [0.25, 0.3) is 5.91 Å². The molecule has 1 aliphatic heterocycles. The largest absolute Gasteiger partial charge is 0.378 e. The number of aromatic amines is 1. The fraction of sp³-hybridized carbons (Fsp3) is 0.750. The van der Waals surface area contributed by atoms with Crippen molar-refractivity contribution in [1.82, 2.24) is 20.4 Å². The molecule has 2 unspecified atom stereocenters. The molecule has 1 amide bonds. The molecule has 0 aromatic carbocycles. The van der Waals surface area contributed by atoms with Crippen molar-refractivity contribution in [3.8, 4) is 0 Å². The van der Waals surface area contributed by atoms with Gasteiger partial charge in [-0.25, -0.2) is 0 Å². The number of carbonyl (C=O) groups excluding carboxylic acids is 1. The lowest BCUT2D eigenvalue weighted by molar-refractivity contribution is -0.136. The van der Waals surface area contributed by atoms with Crippen molar-refractivity contribution < 1.29 is 9.53 Å². The van der Waals surface area contributed by atoms with Crippen LogP contribution in [0.25, 0.3) is 0 Å². The number of amides is 1. The van der Waals surface area contributed by atoms with Crippen LogP contribution in [0.1, 0.15) is 48.9 Å². The SMILES string of the molecule is CCOC1CC(N(C)C(=O)c2n[nH]c3c2CNCC3)C1(C)C. The van der Waals surface area contributed by atoms with Crippen molar-refractivity contribution in [2.45, 2.75) is 52.3 Å². The summed E-state index contributed by atoms with van der Waals surface area (Å²) in [5, 5.41) is 10.6. The minimum atomic E-state index is -0.0188. The average Bonchev–Trinajstić information content (AvgIpc) is 2.93. The first-order chi connectivity index (χ1) is 10.5. The van der Waals surface area contributed by atoms with Crippen molar-refractivity contribution >= 4 is 5.91 Å². The smallest absolute Gasteiger partial charge is 0.274 e. The lowest BCUT2D eigenvalue weighted by atomic mass is 9.63. The first kappa shape index (κ1) is 15.5. The van der Waals surface area contributed by atoms with Crippen molar-refractivity contribution in [2.24, 2.45) is 5.41 Å². The number of rotatable bonds is 4. The van der Waals surface area contributed by atoms with Gasteiger partial charge in [-0.15, -0.1) is 0 Å². The maximum atomic E-state index is 12.8. The molecule has 1 aromatic rings.